The molecular formula is C18H21N5O3S. The summed E-state index contributed by atoms with van der Waals surface area (Å²) in [4.78, 5) is 25.5. The van der Waals surface area contributed by atoms with Crippen molar-refractivity contribution in [3.8, 4) is 0 Å². The van der Waals surface area contributed by atoms with Gasteiger partial charge in [-0.3, -0.25) is 4.79 Å². The average molecular weight is 387 g/mol. The number of carbonyl (C=O) groups is 2. The minimum Gasteiger partial charge on any atom is -0.478 e. The zero-order chi connectivity index (χ0) is 19.6. The van der Waals surface area contributed by atoms with E-state index in [0.29, 0.717) is 42.0 Å². The maximum absolute atomic E-state index is 13.5. The Bertz CT molecular complexity index is 909. The highest BCUT2D eigenvalue weighted by Crippen LogP contribution is 2.46. The Kier molecular flexibility index (Phi) is 5.15. The monoisotopic (exact) mass is 387 g/mol. The van der Waals surface area contributed by atoms with Gasteiger partial charge >= 0.3 is 5.97 Å². The van der Waals surface area contributed by atoms with E-state index in [1.54, 1.807) is 0 Å². The molecule has 0 bridgehead atoms. The molecule has 8 nitrogen and oxygen atoms in total. The van der Waals surface area contributed by atoms with Gasteiger partial charge in [0.25, 0.3) is 0 Å². The predicted molar refractivity (Wildman–Crippen MR) is 105 cm³/mol. The number of carboxylic acid groups (broad SMARTS) is 1. The Labute approximate surface area is 160 Å². The molecule has 1 aromatic carbocycles. The van der Waals surface area contributed by atoms with Gasteiger partial charge in [0.15, 0.2) is 5.78 Å². The van der Waals surface area contributed by atoms with Crippen molar-refractivity contribution in [3.63, 3.8) is 0 Å². The quantitative estimate of drug-likeness (QED) is 0.218. The van der Waals surface area contributed by atoms with E-state index in [4.69, 9.17) is 17.3 Å². The van der Waals surface area contributed by atoms with Gasteiger partial charge in [-0.25, -0.2) is 16.2 Å². The van der Waals surface area contributed by atoms with Crippen LogP contribution in [0.5, 0.6) is 0 Å². The molecule has 1 heterocycles. The van der Waals surface area contributed by atoms with E-state index in [0.717, 1.165) is 16.9 Å². The highest BCUT2D eigenvalue weighted by atomic mass is 32.1. The number of rotatable bonds is 6. The van der Waals surface area contributed by atoms with Crippen LogP contribution in [-0.2, 0) is 11.8 Å². The first-order valence-electron chi connectivity index (χ1n) is 8.43. The molecule has 27 heavy (non-hydrogen) atoms. The number of benzene rings is 1. The van der Waals surface area contributed by atoms with E-state index in [1.807, 2.05) is 30.3 Å². The van der Waals surface area contributed by atoms with E-state index >= 15 is 0 Å². The lowest BCUT2D eigenvalue weighted by Gasteiger charge is -2.36. The van der Waals surface area contributed by atoms with Gasteiger partial charge in [-0.05, 0) is 30.4 Å². The minimum absolute atomic E-state index is 0.0541. The summed E-state index contributed by atoms with van der Waals surface area (Å²) in [5, 5.41) is 13.4. The summed E-state index contributed by atoms with van der Waals surface area (Å²) in [5.74, 6) is 4.24. The normalized spacial score (nSPS) is 19.6. The predicted octanol–water partition coefficient (Wildman–Crippen LogP) is 1.61. The molecule has 1 atom stereocenters. The van der Waals surface area contributed by atoms with Crippen LogP contribution in [0.1, 0.15) is 50.4 Å². The number of nitrogens with zero attached hydrogens (tertiary/aromatic N) is 1. The van der Waals surface area contributed by atoms with Gasteiger partial charge < -0.3 is 16.6 Å². The number of fused-ring (bicyclic) bond motifs is 1. The average Bonchev–Trinajstić information content (AvgIpc) is 2.99. The third-order valence-corrected chi connectivity index (χ3v) is 6.09. The first kappa shape index (κ1) is 18.9. The molecule has 1 unspecified atom stereocenters. The van der Waals surface area contributed by atoms with E-state index in [9.17, 15) is 14.7 Å². The number of aromatic carboxylic acids is 1. The van der Waals surface area contributed by atoms with Crippen LogP contribution in [-0.4, -0.2) is 22.7 Å². The maximum Gasteiger partial charge on any atom is 0.338 e. The summed E-state index contributed by atoms with van der Waals surface area (Å²) in [7, 11) is 0. The molecule has 0 amide bonds. The maximum atomic E-state index is 13.5. The Balaban J connectivity index is 2.07. The third-order valence-electron chi connectivity index (χ3n) is 5.03. The lowest BCUT2D eigenvalue weighted by atomic mass is 9.66. The van der Waals surface area contributed by atoms with E-state index in [-0.39, 0.29) is 16.3 Å². The highest BCUT2D eigenvalue weighted by molar-refractivity contribution is 7.18. The van der Waals surface area contributed by atoms with Crippen molar-refractivity contribution in [2.24, 2.45) is 16.7 Å². The molecule has 1 aromatic heterocycles. The van der Waals surface area contributed by atoms with Gasteiger partial charge in [0.05, 0.1) is 15.9 Å². The molecule has 2 aromatic rings. The number of hydrogen-bond donors (Lipinski definition) is 5. The molecule has 142 valence electrons. The second-order valence-electron chi connectivity index (χ2n) is 6.46. The Morgan fingerprint density at radius 2 is 2.04 bits per heavy atom. The highest BCUT2D eigenvalue weighted by Gasteiger charge is 2.46. The van der Waals surface area contributed by atoms with Crippen LogP contribution in [0.4, 0.5) is 5.00 Å². The molecule has 1 aliphatic carbocycles. The Morgan fingerprint density at radius 1 is 1.33 bits per heavy atom. The number of nitrogens with two attached hydrogens (primary N) is 3. The van der Waals surface area contributed by atoms with E-state index in [2.05, 4.69) is 10.6 Å². The number of carbonyl (C=O) groups excluding carboxylic acids is 1. The largest absolute Gasteiger partial charge is 0.478 e. The lowest BCUT2D eigenvalue weighted by Crippen LogP contribution is -2.41. The van der Waals surface area contributed by atoms with Crippen LogP contribution in [0.3, 0.4) is 0 Å². The van der Waals surface area contributed by atoms with Crippen molar-refractivity contribution in [1.82, 2.24) is 5.53 Å². The summed E-state index contributed by atoms with van der Waals surface area (Å²) in [6, 6.07) is 9.46. The van der Waals surface area contributed by atoms with Crippen molar-refractivity contribution in [3.05, 3.63) is 51.9 Å². The number of thiophene rings is 1. The molecule has 0 fully saturated rings. The topological polar surface area (TPSA) is 157 Å². The summed E-state index contributed by atoms with van der Waals surface area (Å²) in [5.41, 5.74) is 14.6. The van der Waals surface area contributed by atoms with Crippen LogP contribution in [0.2, 0.25) is 0 Å². The minimum atomic E-state index is -1.10. The first-order chi connectivity index (χ1) is 12.9. The van der Waals surface area contributed by atoms with E-state index in [1.165, 1.54) is 0 Å². The number of nitrogen functional groups attached to an aromatic ring is 1. The van der Waals surface area contributed by atoms with Gasteiger partial charge in [0.2, 0.25) is 0 Å². The standard InChI is InChI=1S/C18H21N5O3S/c19-12(22-23-21)7-9-18(10-4-2-1-3-5-10)8-6-11-13(17(25)26)16(20)27-14(11)15(18)24/h1-5,23H,6-9,20-21H2,(H2,19,22)(H,25,26). The Morgan fingerprint density at radius 3 is 2.67 bits per heavy atom. The van der Waals surface area contributed by atoms with E-state index < -0.39 is 11.4 Å². The van der Waals surface area contributed by atoms with Gasteiger partial charge in [-0.15, -0.1) is 11.3 Å². The number of hydrogen-bond acceptors (Lipinski definition) is 7. The van der Waals surface area contributed by atoms with Crippen LogP contribution in [0, 0.1) is 0 Å². The van der Waals surface area contributed by atoms with Gasteiger partial charge in [-0.2, -0.15) is 5.10 Å². The first-order valence-corrected chi connectivity index (χ1v) is 9.24. The van der Waals surface area contributed by atoms with Crippen LogP contribution >= 0.6 is 11.3 Å². The molecule has 0 radical (unpaired) electrons. The van der Waals surface area contributed by atoms with Gasteiger partial charge in [0.1, 0.15) is 10.8 Å². The molecule has 1 aliphatic rings. The SMILES string of the molecule is NN/N=C(\N)CCC1(c2ccccc2)CCc2c(sc(N)c2C(=O)O)C1=O. The van der Waals surface area contributed by atoms with Gasteiger partial charge in [-0.1, -0.05) is 30.3 Å². The molecule has 0 saturated carbocycles. The zero-order valence-electron chi connectivity index (χ0n) is 14.6. The fourth-order valence-electron chi connectivity index (χ4n) is 3.71. The van der Waals surface area contributed by atoms with Crippen LogP contribution in [0.25, 0.3) is 0 Å². The molecule has 0 spiro atoms. The van der Waals surface area contributed by atoms with Crippen LogP contribution < -0.4 is 22.8 Å². The van der Waals surface area contributed by atoms with Crippen LogP contribution in [0.15, 0.2) is 35.4 Å². The second-order valence-corrected chi connectivity index (χ2v) is 7.52. The molecule has 3 rings (SSSR count). The third kappa shape index (κ3) is 3.26. The summed E-state index contributed by atoms with van der Waals surface area (Å²) in [6.07, 6.45) is 1.74. The number of amidine groups is 1. The number of anilines is 1. The molecule has 0 saturated heterocycles. The summed E-state index contributed by atoms with van der Waals surface area (Å²) < 4.78 is 0. The number of hydrazone groups is 1. The smallest absolute Gasteiger partial charge is 0.338 e. The Hall–Kier alpha value is -2.91. The number of nitrogens with one attached hydrogen (secondary N) is 1. The van der Waals surface area contributed by atoms with Crippen molar-refractivity contribution >= 4 is 33.9 Å². The van der Waals surface area contributed by atoms with Crippen molar-refractivity contribution in [1.29, 1.82) is 0 Å². The number of hydrazine groups is 1. The summed E-state index contributed by atoms with van der Waals surface area (Å²) in [6.45, 7) is 0. The second kappa shape index (κ2) is 7.37. The lowest BCUT2D eigenvalue weighted by molar-refractivity contribution is 0.0697. The van der Waals surface area contributed by atoms with Crippen molar-refractivity contribution in [2.75, 3.05) is 5.73 Å². The summed E-state index contributed by atoms with van der Waals surface area (Å²) >= 11 is 1.05. The number of carboxylic acids is 1. The molecule has 8 N–H and O–H groups in total. The van der Waals surface area contributed by atoms with Crippen molar-refractivity contribution < 1.29 is 14.7 Å². The molecular weight excluding hydrogens is 366 g/mol. The number of ketones is 1. The zero-order valence-corrected chi connectivity index (χ0v) is 15.4. The number of Topliss-reactive ketones (excluding diaryl/α,β-unsaturated/α-hetero) is 1. The van der Waals surface area contributed by atoms with Gasteiger partial charge in [0, 0.05) is 6.42 Å². The fourth-order valence-corrected chi connectivity index (χ4v) is 4.85. The molecule has 9 heteroatoms. The van der Waals surface area contributed by atoms with Crippen molar-refractivity contribution in [2.45, 2.75) is 31.1 Å². The molecule has 0 aliphatic heterocycles. The fraction of sp³-hybridized carbons (Fsp3) is 0.278.